The van der Waals surface area contributed by atoms with Crippen LogP contribution in [-0.2, 0) is 9.47 Å². The van der Waals surface area contributed by atoms with Gasteiger partial charge < -0.3 is 14.8 Å². The van der Waals surface area contributed by atoms with Gasteiger partial charge in [0.1, 0.15) is 0 Å². The summed E-state index contributed by atoms with van der Waals surface area (Å²) in [5.74, 6) is 0.823. The molecule has 0 bridgehead atoms. The smallest absolute Gasteiger partial charge is 0.241 e. The monoisotopic (exact) mass is 408 g/mol. The Labute approximate surface area is 156 Å². The maximum absolute atomic E-state index is 5.86. The van der Waals surface area contributed by atoms with E-state index >= 15 is 0 Å². The molecule has 1 N–H and O–H groups in total. The molecule has 2 aliphatic rings. The molecule has 1 spiro atoms. The highest BCUT2D eigenvalue weighted by Gasteiger charge is 2.41. The molecule has 7 heteroatoms. The van der Waals surface area contributed by atoms with Crippen LogP contribution in [0.4, 0.5) is 5.95 Å². The summed E-state index contributed by atoms with van der Waals surface area (Å²) in [4.78, 5) is 4.46. The second-order valence-electron chi connectivity index (χ2n) is 7.13. The van der Waals surface area contributed by atoms with Crippen molar-refractivity contribution in [2.45, 2.75) is 63.7 Å². The van der Waals surface area contributed by atoms with Crippen LogP contribution in [0.2, 0.25) is 0 Å². The number of hydrogen-bond donors (Lipinski definition) is 1. The number of nitrogens with zero attached hydrogens (tertiary/aromatic N) is 3. The zero-order valence-corrected chi connectivity index (χ0v) is 16.4. The van der Waals surface area contributed by atoms with E-state index in [1.165, 1.54) is 5.69 Å². The maximum atomic E-state index is 5.86. The van der Waals surface area contributed by atoms with Crippen LogP contribution in [0.5, 0.6) is 0 Å². The Morgan fingerprint density at radius 2 is 2.08 bits per heavy atom. The highest BCUT2D eigenvalue weighted by atomic mass is 79.9. The Morgan fingerprint density at radius 1 is 1.36 bits per heavy atom. The van der Waals surface area contributed by atoms with Crippen molar-refractivity contribution >= 4 is 27.4 Å². The molecule has 3 heterocycles. The molecule has 1 aliphatic heterocycles. The molecule has 1 aliphatic carbocycles. The van der Waals surface area contributed by atoms with Gasteiger partial charge in [-0.3, -0.25) is 0 Å². The molecule has 2 aromatic heterocycles. The van der Waals surface area contributed by atoms with Crippen molar-refractivity contribution in [3.63, 3.8) is 0 Å². The molecule has 1 saturated heterocycles. The molecule has 2 aromatic rings. The van der Waals surface area contributed by atoms with Crippen LogP contribution >= 0.6 is 15.9 Å². The molecule has 6 nitrogen and oxygen atoms in total. The lowest BCUT2D eigenvalue weighted by Crippen LogP contribution is -2.34. The minimum absolute atomic E-state index is 0.320. The number of halogens is 1. The van der Waals surface area contributed by atoms with Gasteiger partial charge >= 0.3 is 0 Å². The summed E-state index contributed by atoms with van der Waals surface area (Å²) >= 11 is 3.66. The van der Waals surface area contributed by atoms with Gasteiger partial charge in [-0.15, -0.1) is 5.10 Å². The summed E-state index contributed by atoms with van der Waals surface area (Å²) < 4.78 is 14.8. The first-order valence-electron chi connectivity index (χ1n) is 9.19. The van der Waals surface area contributed by atoms with Crippen LogP contribution in [0.3, 0.4) is 0 Å². The Balaban J connectivity index is 1.59. The molecule has 136 valence electrons. The van der Waals surface area contributed by atoms with Crippen molar-refractivity contribution in [1.29, 1.82) is 0 Å². The van der Waals surface area contributed by atoms with Crippen molar-refractivity contribution in [1.82, 2.24) is 14.6 Å². The Morgan fingerprint density at radius 3 is 2.76 bits per heavy atom. The zero-order valence-electron chi connectivity index (χ0n) is 14.8. The third kappa shape index (κ3) is 3.29. The number of rotatable bonds is 4. The van der Waals surface area contributed by atoms with Gasteiger partial charge in [-0.05, 0) is 48.2 Å². The van der Waals surface area contributed by atoms with Crippen LogP contribution in [0.15, 0.2) is 16.7 Å². The van der Waals surface area contributed by atoms with E-state index in [9.17, 15) is 0 Å². The van der Waals surface area contributed by atoms with Gasteiger partial charge in [0.05, 0.1) is 24.9 Å². The number of hydrogen-bond acceptors (Lipinski definition) is 5. The first-order chi connectivity index (χ1) is 12.1. The van der Waals surface area contributed by atoms with Crippen LogP contribution in [-0.4, -0.2) is 39.6 Å². The number of fused-ring (bicyclic) bond motifs is 1. The van der Waals surface area contributed by atoms with Crippen molar-refractivity contribution in [3.8, 4) is 0 Å². The van der Waals surface area contributed by atoms with E-state index in [4.69, 9.17) is 14.6 Å². The standard InChI is InChI=1S/C18H25BrN4O2/c1-3-12(2)21-17-20-11-16-14(19)10-15(23(16)22-17)13-4-6-18(7-5-13)24-8-9-25-18/h10-13H,3-9H2,1-2H3,(H,21,22). The molecule has 25 heavy (non-hydrogen) atoms. The molecule has 0 amide bonds. The topological polar surface area (TPSA) is 60.7 Å². The van der Waals surface area contributed by atoms with Gasteiger partial charge in [0.25, 0.3) is 0 Å². The second-order valence-corrected chi connectivity index (χ2v) is 7.99. The SMILES string of the molecule is CCC(C)Nc1ncc2c(Br)cc(C3CCC4(CC3)OCCO4)n2n1. The van der Waals surface area contributed by atoms with Gasteiger partial charge in [-0.1, -0.05) is 6.92 Å². The van der Waals surface area contributed by atoms with Crippen LogP contribution in [0, 0.1) is 0 Å². The van der Waals surface area contributed by atoms with Crippen molar-refractivity contribution < 1.29 is 9.47 Å². The van der Waals surface area contributed by atoms with E-state index in [1.54, 1.807) is 0 Å². The zero-order chi connectivity index (χ0) is 17.4. The lowest BCUT2D eigenvalue weighted by atomic mass is 9.83. The van der Waals surface area contributed by atoms with E-state index in [-0.39, 0.29) is 5.79 Å². The quantitative estimate of drug-likeness (QED) is 0.824. The first-order valence-corrected chi connectivity index (χ1v) is 9.98. The summed E-state index contributed by atoms with van der Waals surface area (Å²) in [5.41, 5.74) is 2.25. The minimum atomic E-state index is -0.320. The highest BCUT2D eigenvalue weighted by Crippen LogP contribution is 2.43. The normalized spacial score (nSPS) is 21.9. The van der Waals surface area contributed by atoms with Crippen molar-refractivity contribution in [2.24, 2.45) is 0 Å². The van der Waals surface area contributed by atoms with Crippen LogP contribution in [0.25, 0.3) is 5.52 Å². The third-order valence-electron chi connectivity index (χ3n) is 5.46. The Kier molecular flexibility index (Phi) is 4.73. The third-order valence-corrected chi connectivity index (χ3v) is 6.10. The van der Waals surface area contributed by atoms with E-state index in [0.717, 1.165) is 55.3 Å². The molecule has 1 saturated carbocycles. The van der Waals surface area contributed by atoms with E-state index in [2.05, 4.69) is 46.1 Å². The van der Waals surface area contributed by atoms with E-state index < -0.39 is 0 Å². The summed E-state index contributed by atoms with van der Waals surface area (Å²) in [6.45, 7) is 5.74. The maximum Gasteiger partial charge on any atom is 0.241 e. The van der Waals surface area contributed by atoms with Gasteiger partial charge in [0.2, 0.25) is 5.95 Å². The minimum Gasteiger partial charge on any atom is -0.351 e. The summed E-state index contributed by atoms with van der Waals surface area (Å²) in [7, 11) is 0. The van der Waals surface area contributed by atoms with E-state index in [1.807, 2.05) is 10.7 Å². The van der Waals surface area contributed by atoms with Crippen molar-refractivity contribution in [2.75, 3.05) is 18.5 Å². The fourth-order valence-corrected chi connectivity index (χ4v) is 4.30. The number of nitrogens with one attached hydrogen (secondary N) is 1. The molecule has 0 aromatic carbocycles. The molecule has 1 unspecified atom stereocenters. The average molecular weight is 409 g/mol. The van der Waals surface area contributed by atoms with Crippen LogP contribution in [0.1, 0.15) is 57.6 Å². The fraction of sp³-hybridized carbons (Fsp3) is 0.667. The summed E-state index contributed by atoms with van der Waals surface area (Å²) in [6.07, 6.45) is 6.93. The molecule has 4 rings (SSSR count). The summed E-state index contributed by atoms with van der Waals surface area (Å²) in [6, 6.07) is 2.54. The lowest BCUT2D eigenvalue weighted by molar-refractivity contribution is -0.179. The Bertz CT molecular complexity index is 747. The fourth-order valence-electron chi connectivity index (χ4n) is 3.79. The highest BCUT2D eigenvalue weighted by molar-refractivity contribution is 9.10. The molecular formula is C18H25BrN4O2. The Hall–Kier alpha value is -1.18. The number of aromatic nitrogens is 3. The summed E-state index contributed by atoms with van der Waals surface area (Å²) in [5, 5.41) is 8.11. The number of ether oxygens (including phenoxy) is 2. The molecular weight excluding hydrogens is 384 g/mol. The van der Waals surface area contributed by atoms with Gasteiger partial charge in [-0.2, -0.15) is 0 Å². The second kappa shape index (κ2) is 6.85. The van der Waals surface area contributed by atoms with Gasteiger partial charge in [0.15, 0.2) is 5.79 Å². The molecule has 2 fully saturated rings. The predicted molar refractivity (Wildman–Crippen MR) is 99.9 cm³/mol. The first kappa shape index (κ1) is 17.2. The van der Waals surface area contributed by atoms with Crippen molar-refractivity contribution in [3.05, 3.63) is 22.4 Å². The van der Waals surface area contributed by atoms with E-state index in [0.29, 0.717) is 17.9 Å². The largest absolute Gasteiger partial charge is 0.351 e. The molecule has 0 radical (unpaired) electrons. The van der Waals surface area contributed by atoms with Gasteiger partial charge in [-0.25, -0.2) is 9.50 Å². The van der Waals surface area contributed by atoms with Crippen LogP contribution < -0.4 is 5.32 Å². The molecule has 1 atom stereocenters. The lowest BCUT2D eigenvalue weighted by Gasteiger charge is -2.35. The average Bonchev–Trinajstić information content (AvgIpc) is 3.21. The predicted octanol–water partition coefficient (Wildman–Crippen LogP) is 4.10. The number of anilines is 1. The van der Waals surface area contributed by atoms with Gasteiger partial charge in [0, 0.05) is 35.0 Å².